The van der Waals surface area contributed by atoms with Crippen molar-refractivity contribution in [1.82, 2.24) is 10.2 Å². The predicted molar refractivity (Wildman–Crippen MR) is 97.7 cm³/mol. The van der Waals surface area contributed by atoms with Gasteiger partial charge < -0.3 is 15.5 Å². The van der Waals surface area contributed by atoms with Crippen molar-refractivity contribution in [3.05, 3.63) is 28.8 Å². The fourth-order valence-corrected chi connectivity index (χ4v) is 4.53. The molecule has 1 aromatic rings. The molecule has 0 atom stereocenters. The Morgan fingerprint density at radius 2 is 1.84 bits per heavy atom. The minimum Gasteiger partial charge on any atom is -0.362 e. The van der Waals surface area contributed by atoms with E-state index in [1.54, 1.807) is 12.1 Å². The van der Waals surface area contributed by atoms with E-state index in [1.165, 1.54) is 19.3 Å². The molecule has 2 amide bonds. The normalized spacial score (nSPS) is 22.9. The van der Waals surface area contributed by atoms with Crippen LogP contribution in [0.5, 0.6) is 0 Å². The van der Waals surface area contributed by atoms with Crippen LogP contribution in [0.3, 0.4) is 0 Å². The SMILES string of the molecule is O=C1NC2(CCN(C(=O)C3CCCCC3)CC2)Nc2ccc(Cl)cc21. The van der Waals surface area contributed by atoms with Crippen LogP contribution in [0, 0.1) is 5.92 Å². The highest BCUT2D eigenvalue weighted by atomic mass is 35.5. The quantitative estimate of drug-likeness (QED) is 0.806. The average molecular weight is 362 g/mol. The lowest BCUT2D eigenvalue weighted by Crippen LogP contribution is -2.63. The lowest BCUT2D eigenvalue weighted by atomic mass is 9.86. The van der Waals surface area contributed by atoms with Crippen molar-refractivity contribution in [2.45, 2.75) is 50.6 Å². The molecule has 6 heteroatoms. The van der Waals surface area contributed by atoms with Crippen LogP contribution in [0.25, 0.3) is 0 Å². The van der Waals surface area contributed by atoms with Gasteiger partial charge in [-0.2, -0.15) is 0 Å². The standard InChI is InChI=1S/C19H24ClN3O2/c20-14-6-7-16-15(12-14)17(24)22-19(21-16)8-10-23(11-9-19)18(25)13-4-2-1-3-5-13/h6-7,12-13,21H,1-5,8-11H2,(H,22,24). The van der Waals surface area contributed by atoms with Crippen LogP contribution in [-0.2, 0) is 4.79 Å². The number of nitrogens with one attached hydrogen (secondary N) is 2. The molecule has 134 valence electrons. The minimum atomic E-state index is -0.457. The summed E-state index contributed by atoms with van der Waals surface area (Å²) in [6.45, 7) is 1.37. The largest absolute Gasteiger partial charge is 0.362 e. The molecule has 5 nitrogen and oxygen atoms in total. The van der Waals surface area contributed by atoms with Gasteiger partial charge in [0.1, 0.15) is 5.66 Å². The summed E-state index contributed by atoms with van der Waals surface area (Å²) in [5.74, 6) is 0.423. The maximum atomic E-state index is 12.7. The molecule has 2 heterocycles. The van der Waals surface area contributed by atoms with E-state index in [0.717, 1.165) is 31.4 Å². The number of nitrogens with zero attached hydrogens (tertiary/aromatic N) is 1. The van der Waals surface area contributed by atoms with Crippen LogP contribution in [0.15, 0.2) is 18.2 Å². The molecule has 0 unspecified atom stereocenters. The Hall–Kier alpha value is -1.75. The summed E-state index contributed by atoms with van der Waals surface area (Å²) in [6.07, 6.45) is 7.11. The lowest BCUT2D eigenvalue weighted by Gasteiger charge is -2.46. The Morgan fingerprint density at radius 3 is 2.56 bits per heavy atom. The second kappa shape index (κ2) is 6.52. The smallest absolute Gasteiger partial charge is 0.255 e. The third-order valence-corrected chi connectivity index (χ3v) is 6.07. The number of halogens is 1. The van der Waals surface area contributed by atoms with Gasteiger partial charge in [-0.05, 0) is 31.0 Å². The third kappa shape index (κ3) is 3.22. The molecule has 0 bridgehead atoms. The molecule has 1 spiro atoms. The Labute approximate surface area is 153 Å². The summed E-state index contributed by atoms with van der Waals surface area (Å²) in [5, 5.41) is 7.14. The number of likely N-dealkylation sites (tertiary alicyclic amines) is 1. The molecule has 4 rings (SSSR count). The molecule has 3 aliphatic rings. The molecule has 1 saturated carbocycles. The minimum absolute atomic E-state index is 0.0942. The summed E-state index contributed by atoms with van der Waals surface area (Å²) in [4.78, 5) is 27.2. The number of anilines is 1. The van der Waals surface area contributed by atoms with Crippen LogP contribution in [-0.4, -0.2) is 35.5 Å². The number of fused-ring (bicyclic) bond motifs is 1. The van der Waals surface area contributed by atoms with Gasteiger partial charge in [0.05, 0.1) is 5.56 Å². The summed E-state index contributed by atoms with van der Waals surface area (Å²) in [7, 11) is 0. The van der Waals surface area contributed by atoms with Crippen molar-refractivity contribution < 1.29 is 9.59 Å². The summed E-state index contributed by atoms with van der Waals surface area (Å²) in [6, 6.07) is 5.34. The van der Waals surface area contributed by atoms with Crippen LogP contribution in [0.2, 0.25) is 5.02 Å². The van der Waals surface area contributed by atoms with Crippen molar-refractivity contribution >= 4 is 29.1 Å². The first kappa shape index (κ1) is 16.7. The molecule has 0 radical (unpaired) electrons. The van der Waals surface area contributed by atoms with E-state index in [2.05, 4.69) is 10.6 Å². The number of carbonyl (C=O) groups is 2. The molecule has 2 N–H and O–H groups in total. The van der Waals surface area contributed by atoms with Gasteiger partial charge in [0.2, 0.25) is 5.91 Å². The first-order valence-corrected chi connectivity index (χ1v) is 9.63. The van der Waals surface area contributed by atoms with Crippen LogP contribution in [0.1, 0.15) is 55.3 Å². The van der Waals surface area contributed by atoms with Gasteiger partial charge in [-0.1, -0.05) is 30.9 Å². The van der Waals surface area contributed by atoms with Gasteiger partial charge in [0.25, 0.3) is 5.91 Å². The van der Waals surface area contributed by atoms with Crippen molar-refractivity contribution in [1.29, 1.82) is 0 Å². The van der Waals surface area contributed by atoms with E-state index < -0.39 is 5.66 Å². The van der Waals surface area contributed by atoms with E-state index in [4.69, 9.17) is 11.6 Å². The van der Waals surface area contributed by atoms with E-state index in [-0.39, 0.29) is 11.8 Å². The average Bonchev–Trinajstić information content (AvgIpc) is 2.63. The van der Waals surface area contributed by atoms with Crippen molar-refractivity contribution in [2.75, 3.05) is 18.4 Å². The molecular weight excluding hydrogens is 338 g/mol. The summed E-state index contributed by atoms with van der Waals surface area (Å²) in [5.41, 5.74) is 0.945. The first-order chi connectivity index (χ1) is 12.1. The van der Waals surface area contributed by atoms with Crippen LogP contribution >= 0.6 is 11.6 Å². The number of amides is 2. The maximum absolute atomic E-state index is 12.7. The maximum Gasteiger partial charge on any atom is 0.255 e. The zero-order chi connectivity index (χ0) is 17.4. The molecule has 0 aromatic heterocycles. The fraction of sp³-hybridized carbons (Fsp3) is 0.579. The Balaban J connectivity index is 1.44. The van der Waals surface area contributed by atoms with Crippen LogP contribution in [0.4, 0.5) is 5.69 Å². The zero-order valence-corrected chi connectivity index (χ0v) is 15.1. The monoisotopic (exact) mass is 361 g/mol. The number of rotatable bonds is 1. The van der Waals surface area contributed by atoms with Gasteiger partial charge in [-0.15, -0.1) is 0 Å². The lowest BCUT2D eigenvalue weighted by molar-refractivity contribution is -0.138. The zero-order valence-electron chi connectivity index (χ0n) is 14.3. The Bertz CT molecular complexity index is 692. The molecule has 1 aromatic carbocycles. The van der Waals surface area contributed by atoms with Crippen molar-refractivity contribution in [3.8, 4) is 0 Å². The Morgan fingerprint density at radius 1 is 1.12 bits per heavy atom. The Kier molecular flexibility index (Phi) is 4.36. The van der Waals surface area contributed by atoms with E-state index in [0.29, 0.717) is 29.6 Å². The van der Waals surface area contributed by atoms with Gasteiger partial charge in [-0.25, -0.2) is 0 Å². The third-order valence-electron chi connectivity index (χ3n) is 5.84. The summed E-state index contributed by atoms with van der Waals surface area (Å²) >= 11 is 6.00. The molecular formula is C19H24ClN3O2. The summed E-state index contributed by atoms with van der Waals surface area (Å²) < 4.78 is 0. The molecule has 2 aliphatic heterocycles. The second-order valence-electron chi connectivity index (χ2n) is 7.51. The molecule has 1 aliphatic carbocycles. The molecule has 25 heavy (non-hydrogen) atoms. The highest BCUT2D eigenvalue weighted by Crippen LogP contribution is 2.34. The van der Waals surface area contributed by atoms with Gasteiger partial charge in [0.15, 0.2) is 0 Å². The predicted octanol–water partition coefficient (Wildman–Crippen LogP) is 3.39. The number of benzene rings is 1. The number of piperidine rings is 1. The van der Waals surface area contributed by atoms with Gasteiger partial charge in [0, 0.05) is 42.6 Å². The topological polar surface area (TPSA) is 61.4 Å². The first-order valence-electron chi connectivity index (χ1n) is 9.25. The van der Waals surface area contributed by atoms with E-state index >= 15 is 0 Å². The van der Waals surface area contributed by atoms with Gasteiger partial charge in [-0.3, -0.25) is 9.59 Å². The van der Waals surface area contributed by atoms with E-state index in [9.17, 15) is 9.59 Å². The van der Waals surface area contributed by atoms with E-state index in [1.807, 2.05) is 11.0 Å². The second-order valence-corrected chi connectivity index (χ2v) is 7.95. The molecule has 1 saturated heterocycles. The molecule has 2 fully saturated rings. The highest BCUT2D eigenvalue weighted by Gasteiger charge is 2.41. The van der Waals surface area contributed by atoms with Crippen molar-refractivity contribution in [3.63, 3.8) is 0 Å². The number of carbonyl (C=O) groups excluding carboxylic acids is 2. The number of hydrogen-bond acceptors (Lipinski definition) is 3. The highest BCUT2D eigenvalue weighted by molar-refractivity contribution is 6.31. The van der Waals surface area contributed by atoms with Crippen LogP contribution < -0.4 is 10.6 Å². The van der Waals surface area contributed by atoms with Gasteiger partial charge >= 0.3 is 0 Å². The fourth-order valence-electron chi connectivity index (χ4n) is 4.35. The van der Waals surface area contributed by atoms with Crippen molar-refractivity contribution in [2.24, 2.45) is 5.92 Å². The number of hydrogen-bond donors (Lipinski definition) is 2.